The van der Waals surface area contributed by atoms with Crippen LogP contribution in [0.4, 0.5) is 0 Å². The maximum absolute atomic E-state index is 11.4. The van der Waals surface area contributed by atoms with Crippen LogP contribution in [0.3, 0.4) is 0 Å². The molecular formula is C18H21NO4S. The van der Waals surface area contributed by atoms with Gasteiger partial charge in [-0.2, -0.15) is 0 Å². The van der Waals surface area contributed by atoms with E-state index in [1.54, 1.807) is 23.5 Å². The summed E-state index contributed by atoms with van der Waals surface area (Å²) in [6, 6.07) is 5.08. The topological polar surface area (TPSA) is 68.7 Å². The number of thiazole rings is 1. The summed E-state index contributed by atoms with van der Waals surface area (Å²) in [4.78, 5) is 17.0. The molecule has 6 heteroatoms. The van der Waals surface area contributed by atoms with Crippen LogP contribution in [-0.4, -0.2) is 35.9 Å². The molecule has 5 nitrogen and oxygen atoms in total. The number of aromatic carboxylic acids is 1. The second-order valence-electron chi connectivity index (χ2n) is 6.31. The van der Waals surface area contributed by atoms with Crippen molar-refractivity contribution in [3.8, 4) is 16.3 Å². The number of carbonyl (C=O) groups is 1. The molecule has 0 unspecified atom stereocenters. The largest absolute Gasteiger partial charge is 0.493 e. The fraction of sp³-hybridized carbons (Fsp3) is 0.444. The first-order chi connectivity index (χ1) is 11.5. The minimum absolute atomic E-state index is 0.214. The molecule has 3 rings (SSSR count). The number of benzene rings is 1. The Hall–Kier alpha value is -1.92. The first-order valence-electron chi connectivity index (χ1n) is 8.08. The van der Waals surface area contributed by atoms with Gasteiger partial charge in [0.05, 0.1) is 18.8 Å². The lowest BCUT2D eigenvalue weighted by Crippen LogP contribution is -2.12. The van der Waals surface area contributed by atoms with E-state index in [0.717, 1.165) is 23.6 Å². The summed E-state index contributed by atoms with van der Waals surface area (Å²) in [5.74, 6) is 0.371. The second kappa shape index (κ2) is 7.32. The van der Waals surface area contributed by atoms with E-state index in [9.17, 15) is 9.90 Å². The highest BCUT2D eigenvalue weighted by atomic mass is 32.1. The lowest BCUT2D eigenvalue weighted by molar-refractivity contribution is 0.0696. The molecule has 0 aliphatic carbocycles. The predicted octanol–water partition coefficient (Wildman–Crippen LogP) is 4.05. The zero-order valence-corrected chi connectivity index (χ0v) is 14.6. The van der Waals surface area contributed by atoms with Gasteiger partial charge in [-0.05, 0) is 30.5 Å². The Morgan fingerprint density at radius 1 is 1.46 bits per heavy atom. The standard InChI is InChI=1S/C18H21NO4S/c1-11(2)16-8-19-17(24-16)13-5-14(18(20)21)7-15(6-13)23-10-12-3-4-22-9-12/h5-8,11-12H,3-4,9-10H2,1-2H3,(H,20,21)/t12-/m1/s1. The summed E-state index contributed by atoms with van der Waals surface area (Å²) >= 11 is 1.59. The van der Waals surface area contributed by atoms with Gasteiger partial charge in [-0.25, -0.2) is 9.78 Å². The Morgan fingerprint density at radius 2 is 2.29 bits per heavy atom. The van der Waals surface area contributed by atoms with Gasteiger partial charge in [0.2, 0.25) is 0 Å². The molecule has 0 spiro atoms. The van der Waals surface area contributed by atoms with Crippen LogP contribution in [0.1, 0.15) is 41.4 Å². The normalized spacial score (nSPS) is 17.4. The van der Waals surface area contributed by atoms with E-state index in [1.165, 1.54) is 4.88 Å². The minimum atomic E-state index is -0.966. The van der Waals surface area contributed by atoms with Crippen LogP contribution < -0.4 is 4.74 Å². The van der Waals surface area contributed by atoms with Crippen molar-refractivity contribution >= 4 is 17.3 Å². The molecular weight excluding hydrogens is 326 g/mol. The van der Waals surface area contributed by atoms with Crippen LogP contribution in [0.5, 0.6) is 5.75 Å². The van der Waals surface area contributed by atoms with E-state index in [4.69, 9.17) is 9.47 Å². The number of carboxylic acids is 1. The first-order valence-corrected chi connectivity index (χ1v) is 8.89. The van der Waals surface area contributed by atoms with E-state index in [2.05, 4.69) is 18.8 Å². The van der Waals surface area contributed by atoms with Gasteiger partial charge in [-0.1, -0.05) is 13.8 Å². The van der Waals surface area contributed by atoms with Gasteiger partial charge in [0.15, 0.2) is 0 Å². The van der Waals surface area contributed by atoms with E-state index >= 15 is 0 Å². The summed E-state index contributed by atoms with van der Waals surface area (Å²) in [7, 11) is 0. The highest BCUT2D eigenvalue weighted by Crippen LogP contribution is 2.32. The SMILES string of the molecule is CC(C)c1cnc(-c2cc(OC[C@@H]3CCOC3)cc(C(=O)O)c2)s1. The van der Waals surface area contributed by atoms with Gasteiger partial charge in [-0.15, -0.1) is 11.3 Å². The van der Waals surface area contributed by atoms with E-state index in [1.807, 2.05) is 12.3 Å². The van der Waals surface area contributed by atoms with Crippen LogP contribution in [-0.2, 0) is 4.74 Å². The Morgan fingerprint density at radius 3 is 2.92 bits per heavy atom. The van der Waals surface area contributed by atoms with Crippen molar-refractivity contribution in [1.29, 1.82) is 0 Å². The minimum Gasteiger partial charge on any atom is -0.493 e. The Balaban J connectivity index is 1.85. The lowest BCUT2D eigenvalue weighted by Gasteiger charge is -2.12. The van der Waals surface area contributed by atoms with Crippen molar-refractivity contribution in [2.45, 2.75) is 26.2 Å². The molecule has 1 saturated heterocycles. The fourth-order valence-corrected chi connectivity index (χ4v) is 3.45. The molecule has 1 aliphatic rings. The highest BCUT2D eigenvalue weighted by molar-refractivity contribution is 7.15. The number of hydrogen-bond donors (Lipinski definition) is 1. The van der Waals surface area contributed by atoms with Crippen molar-refractivity contribution in [2.24, 2.45) is 5.92 Å². The molecule has 1 fully saturated rings. The van der Waals surface area contributed by atoms with Crippen LogP contribution in [0, 0.1) is 5.92 Å². The fourth-order valence-electron chi connectivity index (χ4n) is 2.55. The smallest absolute Gasteiger partial charge is 0.335 e. The van der Waals surface area contributed by atoms with E-state index in [-0.39, 0.29) is 5.56 Å². The monoisotopic (exact) mass is 347 g/mol. The molecule has 0 saturated carbocycles. The molecule has 1 aromatic heterocycles. The molecule has 2 heterocycles. The molecule has 1 aliphatic heterocycles. The molecule has 24 heavy (non-hydrogen) atoms. The quantitative estimate of drug-likeness (QED) is 0.854. The average molecular weight is 347 g/mol. The van der Waals surface area contributed by atoms with Crippen molar-refractivity contribution in [2.75, 3.05) is 19.8 Å². The molecule has 2 aromatic rings. The summed E-state index contributed by atoms with van der Waals surface area (Å²) in [5.41, 5.74) is 0.996. The van der Waals surface area contributed by atoms with Gasteiger partial charge in [0.25, 0.3) is 0 Å². The molecule has 0 amide bonds. The van der Waals surface area contributed by atoms with Gasteiger partial charge < -0.3 is 14.6 Å². The Bertz CT molecular complexity index is 720. The van der Waals surface area contributed by atoms with Gasteiger partial charge in [0.1, 0.15) is 10.8 Å². The van der Waals surface area contributed by atoms with Gasteiger partial charge in [0, 0.05) is 29.2 Å². The van der Waals surface area contributed by atoms with E-state index < -0.39 is 5.97 Å². The molecule has 1 N–H and O–H groups in total. The number of aromatic nitrogens is 1. The third-order valence-electron chi connectivity index (χ3n) is 4.00. The Kier molecular flexibility index (Phi) is 5.16. The van der Waals surface area contributed by atoms with E-state index in [0.29, 0.717) is 30.8 Å². The summed E-state index contributed by atoms with van der Waals surface area (Å²) < 4.78 is 11.2. The summed E-state index contributed by atoms with van der Waals surface area (Å²) in [5, 5.41) is 10.2. The van der Waals surface area contributed by atoms with Crippen molar-refractivity contribution in [3.05, 3.63) is 34.8 Å². The summed E-state index contributed by atoms with van der Waals surface area (Å²) in [6.45, 7) is 6.24. The molecule has 0 radical (unpaired) electrons. The number of hydrogen-bond acceptors (Lipinski definition) is 5. The van der Waals surface area contributed by atoms with Gasteiger partial charge >= 0.3 is 5.97 Å². The van der Waals surface area contributed by atoms with Gasteiger partial charge in [-0.3, -0.25) is 0 Å². The number of carboxylic acid groups (broad SMARTS) is 1. The highest BCUT2D eigenvalue weighted by Gasteiger charge is 2.18. The van der Waals surface area contributed by atoms with Crippen molar-refractivity contribution in [3.63, 3.8) is 0 Å². The third-order valence-corrected chi connectivity index (χ3v) is 5.35. The van der Waals surface area contributed by atoms with Crippen LogP contribution in [0.2, 0.25) is 0 Å². The molecule has 128 valence electrons. The number of nitrogens with zero attached hydrogens (tertiary/aromatic N) is 1. The third kappa shape index (κ3) is 3.94. The molecule has 1 atom stereocenters. The molecule has 1 aromatic carbocycles. The zero-order chi connectivity index (χ0) is 17.1. The molecule has 0 bridgehead atoms. The van der Waals surface area contributed by atoms with Crippen LogP contribution in [0.15, 0.2) is 24.4 Å². The second-order valence-corrected chi connectivity index (χ2v) is 7.38. The maximum Gasteiger partial charge on any atom is 0.335 e. The van der Waals surface area contributed by atoms with Crippen LogP contribution >= 0.6 is 11.3 Å². The predicted molar refractivity (Wildman–Crippen MR) is 93.0 cm³/mol. The number of ether oxygens (including phenoxy) is 2. The first kappa shape index (κ1) is 16.9. The summed E-state index contributed by atoms with van der Waals surface area (Å²) in [6.07, 6.45) is 2.84. The maximum atomic E-state index is 11.4. The zero-order valence-electron chi connectivity index (χ0n) is 13.8. The van der Waals surface area contributed by atoms with Crippen molar-refractivity contribution in [1.82, 2.24) is 4.98 Å². The number of rotatable bonds is 6. The van der Waals surface area contributed by atoms with Crippen LogP contribution in [0.25, 0.3) is 10.6 Å². The lowest BCUT2D eigenvalue weighted by atomic mass is 10.1. The Labute approximate surface area is 145 Å². The van der Waals surface area contributed by atoms with Crippen molar-refractivity contribution < 1.29 is 19.4 Å². The average Bonchev–Trinajstić information content (AvgIpc) is 3.24.